The lowest BCUT2D eigenvalue weighted by Gasteiger charge is -2.41. The number of ether oxygens (including phenoxy) is 1. The van der Waals surface area contributed by atoms with Crippen LogP contribution < -0.4 is 0 Å². The molecular formula is C17H22FNO2. The van der Waals surface area contributed by atoms with Gasteiger partial charge in [-0.1, -0.05) is 0 Å². The van der Waals surface area contributed by atoms with Crippen molar-refractivity contribution in [1.82, 2.24) is 4.90 Å². The van der Waals surface area contributed by atoms with E-state index in [4.69, 9.17) is 4.74 Å². The molecule has 21 heavy (non-hydrogen) atoms. The molecule has 2 heterocycles. The maximum Gasteiger partial charge on any atom is 0.164 e. The fourth-order valence-corrected chi connectivity index (χ4v) is 3.41. The molecule has 3 nitrogen and oxygen atoms in total. The molecule has 0 radical (unpaired) electrons. The van der Waals surface area contributed by atoms with E-state index in [-0.39, 0.29) is 11.6 Å². The van der Waals surface area contributed by atoms with Crippen LogP contribution in [0.25, 0.3) is 0 Å². The first-order valence-electron chi connectivity index (χ1n) is 7.85. The Kier molecular flexibility index (Phi) is 4.66. The van der Waals surface area contributed by atoms with E-state index in [1.807, 2.05) is 0 Å². The molecule has 0 bridgehead atoms. The molecule has 2 saturated heterocycles. The van der Waals surface area contributed by atoms with Gasteiger partial charge in [-0.25, -0.2) is 4.39 Å². The van der Waals surface area contributed by atoms with E-state index in [0.29, 0.717) is 24.0 Å². The molecule has 1 aromatic rings. The highest BCUT2D eigenvalue weighted by Gasteiger charge is 2.31. The lowest BCUT2D eigenvalue weighted by molar-refractivity contribution is -0.0658. The van der Waals surface area contributed by atoms with E-state index >= 15 is 0 Å². The Balaban J connectivity index is 1.48. The Hall–Kier alpha value is -1.26. The Morgan fingerprint density at radius 2 is 2.10 bits per heavy atom. The molecule has 4 heteroatoms. The molecule has 0 aromatic heterocycles. The number of carbonyl (C=O) groups is 1. The third kappa shape index (κ3) is 3.69. The molecule has 2 aliphatic rings. The van der Waals surface area contributed by atoms with Crippen LogP contribution in [0.1, 0.15) is 36.0 Å². The van der Waals surface area contributed by atoms with Gasteiger partial charge in [0, 0.05) is 38.2 Å². The minimum absolute atomic E-state index is 0.0945. The number of benzene rings is 1. The number of piperidine rings is 1. The van der Waals surface area contributed by atoms with Crippen LogP contribution in [0.4, 0.5) is 4.39 Å². The highest BCUT2D eigenvalue weighted by Crippen LogP contribution is 2.28. The van der Waals surface area contributed by atoms with Crippen molar-refractivity contribution in [3.8, 4) is 0 Å². The zero-order valence-corrected chi connectivity index (χ0v) is 12.3. The zero-order chi connectivity index (χ0) is 14.7. The summed E-state index contributed by atoms with van der Waals surface area (Å²) in [5, 5.41) is 0. The number of nitrogens with zero attached hydrogens (tertiary/aromatic N) is 1. The monoisotopic (exact) mass is 291 g/mol. The Labute approximate surface area is 125 Å². The van der Waals surface area contributed by atoms with E-state index in [9.17, 15) is 9.18 Å². The first-order valence-corrected chi connectivity index (χ1v) is 7.85. The molecule has 0 unspecified atom stereocenters. The minimum atomic E-state index is -0.300. The predicted octanol–water partition coefficient (Wildman–Crippen LogP) is 2.90. The van der Waals surface area contributed by atoms with Crippen molar-refractivity contribution >= 4 is 5.78 Å². The first-order chi connectivity index (χ1) is 10.2. The van der Waals surface area contributed by atoms with Crippen LogP contribution in [0.3, 0.4) is 0 Å². The van der Waals surface area contributed by atoms with E-state index in [2.05, 4.69) is 4.90 Å². The van der Waals surface area contributed by atoms with E-state index in [1.165, 1.54) is 18.6 Å². The van der Waals surface area contributed by atoms with Crippen LogP contribution in [-0.4, -0.2) is 43.0 Å². The number of rotatable bonds is 4. The molecule has 2 fully saturated rings. The van der Waals surface area contributed by atoms with Gasteiger partial charge in [-0.05, 0) is 49.4 Å². The van der Waals surface area contributed by atoms with Crippen molar-refractivity contribution in [2.75, 3.05) is 26.2 Å². The van der Waals surface area contributed by atoms with Crippen molar-refractivity contribution < 1.29 is 13.9 Å². The van der Waals surface area contributed by atoms with Crippen molar-refractivity contribution in [1.29, 1.82) is 0 Å². The van der Waals surface area contributed by atoms with Crippen LogP contribution in [0.2, 0.25) is 0 Å². The lowest BCUT2D eigenvalue weighted by Crippen LogP contribution is -2.46. The summed E-state index contributed by atoms with van der Waals surface area (Å²) in [5.41, 5.74) is 0.604. The third-order valence-corrected chi connectivity index (χ3v) is 4.62. The van der Waals surface area contributed by atoms with Gasteiger partial charge in [0.15, 0.2) is 5.78 Å². The average Bonchev–Trinajstić information content (AvgIpc) is 2.53. The lowest BCUT2D eigenvalue weighted by atomic mass is 9.88. The average molecular weight is 291 g/mol. The zero-order valence-electron chi connectivity index (χ0n) is 12.3. The van der Waals surface area contributed by atoms with Crippen molar-refractivity contribution in [2.45, 2.75) is 31.8 Å². The predicted molar refractivity (Wildman–Crippen MR) is 78.9 cm³/mol. The fourth-order valence-electron chi connectivity index (χ4n) is 3.41. The highest BCUT2D eigenvalue weighted by atomic mass is 19.1. The number of Topliss-reactive ketones (excluding diaryl/α,β-unsaturated/α-hetero) is 1. The molecule has 3 rings (SSSR count). The molecule has 2 atom stereocenters. The summed E-state index contributed by atoms with van der Waals surface area (Å²) in [6, 6.07) is 5.83. The quantitative estimate of drug-likeness (QED) is 0.799. The van der Waals surface area contributed by atoms with Gasteiger partial charge < -0.3 is 9.64 Å². The van der Waals surface area contributed by atoms with Gasteiger partial charge in [-0.3, -0.25) is 4.79 Å². The van der Waals surface area contributed by atoms with Gasteiger partial charge >= 0.3 is 0 Å². The number of likely N-dealkylation sites (tertiary alicyclic amines) is 1. The summed E-state index contributed by atoms with van der Waals surface area (Å²) in [5.74, 6) is 0.427. The summed E-state index contributed by atoms with van der Waals surface area (Å²) < 4.78 is 18.7. The number of fused-ring (bicyclic) bond motifs is 1. The molecule has 2 aliphatic heterocycles. The summed E-state index contributed by atoms with van der Waals surface area (Å²) in [6.45, 7) is 3.75. The largest absolute Gasteiger partial charge is 0.378 e. The van der Waals surface area contributed by atoms with Crippen LogP contribution in [0.15, 0.2) is 24.3 Å². The second kappa shape index (κ2) is 6.67. The molecule has 1 aromatic carbocycles. The van der Waals surface area contributed by atoms with Crippen molar-refractivity contribution in [2.24, 2.45) is 5.92 Å². The second-order valence-electron chi connectivity index (χ2n) is 6.08. The molecule has 0 saturated carbocycles. The minimum Gasteiger partial charge on any atom is -0.378 e. The summed E-state index contributed by atoms with van der Waals surface area (Å²) in [6.07, 6.45) is 4.42. The van der Waals surface area contributed by atoms with Gasteiger partial charge in [0.2, 0.25) is 0 Å². The first kappa shape index (κ1) is 14.7. The fraction of sp³-hybridized carbons (Fsp3) is 0.588. The van der Waals surface area contributed by atoms with E-state index in [1.54, 1.807) is 12.1 Å². The number of hydrogen-bond acceptors (Lipinski definition) is 3. The normalized spacial score (nSPS) is 26.3. The topological polar surface area (TPSA) is 29.5 Å². The third-order valence-electron chi connectivity index (χ3n) is 4.62. The number of halogens is 1. The van der Waals surface area contributed by atoms with Gasteiger partial charge in [0.1, 0.15) is 5.82 Å². The molecule has 0 aliphatic carbocycles. The van der Waals surface area contributed by atoms with E-state index in [0.717, 1.165) is 39.1 Å². The number of carbonyl (C=O) groups excluding carboxylic acids is 1. The maximum absolute atomic E-state index is 12.9. The molecule has 0 spiro atoms. The highest BCUT2D eigenvalue weighted by molar-refractivity contribution is 5.96. The van der Waals surface area contributed by atoms with Crippen molar-refractivity contribution in [3.05, 3.63) is 35.6 Å². The molecule has 0 amide bonds. The summed E-state index contributed by atoms with van der Waals surface area (Å²) in [7, 11) is 0. The molecular weight excluding hydrogens is 269 g/mol. The Bertz CT molecular complexity index is 488. The smallest absolute Gasteiger partial charge is 0.164 e. The summed E-state index contributed by atoms with van der Waals surface area (Å²) >= 11 is 0. The number of ketones is 1. The van der Waals surface area contributed by atoms with Crippen LogP contribution in [0.5, 0.6) is 0 Å². The van der Waals surface area contributed by atoms with Gasteiger partial charge in [-0.15, -0.1) is 0 Å². The second-order valence-corrected chi connectivity index (χ2v) is 6.08. The standard InChI is InChI=1S/C17H22FNO2/c18-15-5-3-13(4-6-15)16(20)7-9-19-10-8-17-14(12-19)2-1-11-21-17/h3-6,14,17H,1-2,7-12H2/t14-,17-/m1/s1. The molecule has 114 valence electrons. The van der Waals surface area contributed by atoms with Gasteiger partial charge in [-0.2, -0.15) is 0 Å². The van der Waals surface area contributed by atoms with Crippen LogP contribution >= 0.6 is 0 Å². The Morgan fingerprint density at radius 3 is 2.90 bits per heavy atom. The maximum atomic E-state index is 12.9. The van der Waals surface area contributed by atoms with Crippen molar-refractivity contribution in [3.63, 3.8) is 0 Å². The van der Waals surface area contributed by atoms with Gasteiger partial charge in [0.05, 0.1) is 6.10 Å². The molecule has 0 N–H and O–H groups in total. The van der Waals surface area contributed by atoms with Gasteiger partial charge in [0.25, 0.3) is 0 Å². The van der Waals surface area contributed by atoms with Crippen LogP contribution in [-0.2, 0) is 4.74 Å². The van der Waals surface area contributed by atoms with E-state index < -0.39 is 0 Å². The van der Waals surface area contributed by atoms with Crippen LogP contribution in [0, 0.1) is 11.7 Å². The SMILES string of the molecule is O=C(CCN1CC[C@H]2OCCC[C@@H]2C1)c1ccc(F)cc1. The summed E-state index contributed by atoms with van der Waals surface area (Å²) in [4.78, 5) is 14.5. The number of hydrogen-bond donors (Lipinski definition) is 0. The Morgan fingerprint density at radius 1 is 1.29 bits per heavy atom.